The molecule has 0 fully saturated rings. The minimum atomic E-state index is -1.56. The van der Waals surface area contributed by atoms with Gasteiger partial charge >= 0.3 is 11.4 Å². The molecule has 0 N–H and O–H groups in total. The van der Waals surface area contributed by atoms with E-state index in [4.69, 9.17) is 11.6 Å². The fourth-order valence-electron chi connectivity index (χ4n) is 0.905. The van der Waals surface area contributed by atoms with E-state index < -0.39 is 37.9 Å². The summed E-state index contributed by atoms with van der Waals surface area (Å²) in [6.45, 7) is 0. The van der Waals surface area contributed by atoms with Crippen LogP contribution in [0.5, 0.6) is 0 Å². The summed E-state index contributed by atoms with van der Waals surface area (Å²) in [4.78, 5) is 18.0. The maximum atomic E-state index is 12.8. The molecule has 0 bridgehead atoms. The summed E-state index contributed by atoms with van der Waals surface area (Å²) in [5, 5.41) is 19.4. The van der Waals surface area contributed by atoms with Crippen LogP contribution in [0.1, 0.15) is 0 Å². The third-order valence-electron chi connectivity index (χ3n) is 1.49. The number of hydrogen-bond donors (Lipinski definition) is 0. The lowest BCUT2D eigenvalue weighted by Gasteiger charge is -1.99. The van der Waals surface area contributed by atoms with Crippen LogP contribution >= 0.6 is 11.6 Å². The summed E-state index contributed by atoms with van der Waals surface area (Å²) in [7, 11) is 0. The van der Waals surface area contributed by atoms with Crippen LogP contribution in [0.25, 0.3) is 0 Å². The van der Waals surface area contributed by atoms with Crippen molar-refractivity contribution in [2.75, 3.05) is 0 Å². The lowest BCUT2D eigenvalue weighted by atomic mass is 10.2. The van der Waals surface area contributed by atoms with Gasteiger partial charge in [0.1, 0.15) is 0 Å². The summed E-state index contributed by atoms with van der Waals surface area (Å²) >= 11 is 5.15. The molecular formula is C6HClF2N2O4. The topological polar surface area (TPSA) is 86.3 Å². The Labute approximate surface area is 85.4 Å². The summed E-state index contributed by atoms with van der Waals surface area (Å²) < 4.78 is 25.6. The molecule has 0 saturated carbocycles. The molecule has 0 aliphatic carbocycles. The first kappa shape index (κ1) is 11.2. The van der Waals surface area contributed by atoms with Crippen LogP contribution in [0.2, 0.25) is 5.02 Å². The van der Waals surface area contributed by atoms with E-state index >= 15 is 0 Å². The first-order chi connectivity index (χ1) is 6.86. The molecule has 0 radical (unpaired) electrons. The van der Waals surface area contributed by atoms with Crippen molar-refractivity contribution < 1.29 is 18.6 Å². The summed E-state index contributed by atoms with van der Waals surface area (Å²) in [6.07, 6.45) is 0. The van der Waals surface area contributed by atoms with Crippen molar-refractivity contribution in [3.8, 4) is 0 Å². The van der Waals surface area contributed by atoms with Crippen molar-refractivity contribution in [2.24, 2.45) is 0 Å². The molecule has 0 aromatic heterocycles. The van der Waals surface area contributed by atoms with Crippen LogP contribution in [-0.4, -0.2) is 9.85 Å². The van der Waals surface area contributed by atoms with Gasteiger partial charge in [-0.15, -0.1) is 0 Å². The Hall–Kier alpha value is -1.83. The van der Waals surface area contributed by atoms with Crippen LogP contribution in [0, 0.1) is 31.9 Å². The van der Waals surface area contributed by atoms with Crippen molar-refractivity contribution in [2.45, 2.75) is 0 Å². The van der Waals surface area contributed by atoms with Gasteiger partial charge in [0.15, 0.2) is 0 Å². The Morgan fingerprint density at radius 3 is 1.67 bits per heavy atom. The average Bonchev–Trinajstić information content (AvgIpc) is 1.99. The van der Waals surface area contributed by atoms with Crippen LogP contribution in [0.3, 0.4) is 0 Å². The van der Waals surface area contributed by atoms with Gasteiger partial charge in [-0.2, -0.15) is 8.78 Å². The van der Waals surface area contributed by atoms with Crippen LogP contribution in [0.15, 0.2) is 6.07 Å². The first-order valence-corrected chi connectivity index (χ1v) is 3.70. The standard InChI is InChI=1S/C6HClF2N2O4/c7-4-5(10(12)13)2(8)1-3(9)6(4)11(14)15/h1H. The number of rotatable bonds is 2. The van der Waals surface area contributed by atoms with E-state index in [9.17, 15) is 29.0 Å². The predicted octanol–water partition coefficient (Wildman–Crippen LogP) is 2.43. The Morgan fingerprint density at radius 1 is 1.07 bits per heavy atom. The summed E-state index contributed by atoms with van der Waals surface area (Å²) in [5.41, 5.74) is -2.63. The largest absolute Gasteiger partial charge is 0.330 e. The SMILES string of the molecule is O=[N+]([O-])c1c(F)cc(F)c([N+](=O)[O-])c1Cl. The summed E-state index contributed by atoms with van der Waals surface area (Å²) in [6, 6.07) is 0.0438. The summed E-state index contributed by atoms with van der Waals surface area (Å²) in [5.74, 6) is -3.12. The van der Waals surface area contributed by atoms with Gasteiger partial charge in [0.05, 0.1) is 9.85 Å². The van der Waals surface area contributed by atoms with Gasteiger partial charge in [-0.1, -0.05) is 11.6 Å². The zero-order valence-corrected chi connectivity index (χ0v) is 7.49. The quantitative estimate of drug-likeness (QED) is 0.585. The Kier molecular flexibility index (Phi) is 2.80. The van der Waals surface area contributed by atoms with Gasteiger partial charge in [-0.3, -0.25) is 20.2 Å². The molecule has 80 valence electrons. The zero-order chi connectivity index (χ0) is 11.7. The molecule has 15 heavy (non-hydrogen) atoms. The fourth-order valence-corrected chi connectivity index (χ4v) is 1.22. The van der Waals surface area contributed by atoms with Crippen LogP contribution < -0.4 is 0 Å². The molecule has 1 aromatic carbocycles. The molecule has 0 unspecified atom stereocenters. The number of hydrogen-bond acceptors (Lipinski definition) is 4. The van der Waals surface area contributed by atoms with Gasteiger partial charge in [0.2, 0.25) is 16.7 Å². The third kappa shape index (κ3) is 1.84. The van der Waals surface area contributed by atoms with Crippen molar-refractivity contribution in [1.82, 2.24) is 0 Å². The maximum Gasteiger partial charge on any atom is 0.330 e. The minimum Gasteiger partial charge on any atom is -0.258 e. The smallest absolute Gasteiger partial charge is 0.258 e. The number of nitro benzene ring substituents is 2. The van der Waals surface area contributed by atoms with E-state index in [1.54, 1.807) is 0 Å². The van der Waals surface area contributed by atoms with Gasteiger partial charge in [-0.25, -0.2) is 0 Å². The molecule has 0 spiro atoms. The number of nitrogens with zero attached hydrogens (tertiary/aromatic N) is 2. The molecular weight excluding hydrogens is 238 g/mol. The van der Waals surface area contributed by atoms with Gasteiger partial charge in [0.25, 0.3) is 0 Å². The highest BCUT2D eigenvalue weighted by molar-refractivity contribution is 6.34. The normalized spacial score (nSPS) is 10.1. The molecule has 0 aliphatic heterocycles. The van der Waals surface area contributed by atoms with Crippen molar-refractivity contribution in [3.05, 3.63) is 43.0 Å². The van der Waals surface area contributed by atoms with E-state index in [0.29, 0.717) is 0 Å². The maximum absolute atomic E-state index is 12.8. The van der Waals surface area contributed by atoms with Gasteiger partial charge in [0, 0.05) is 6.07 Å². The highest BCUT2D eigenvalue weighted by Crippen LogP contribution is 2.37. The second-order valence-electron chi connectivity index (χ2n) is 2.37. The van der Waals surface area contributed by atoms with Gasteiger partial charge in [-0.05, 0) is 0 Å². The Balaban J connectivity index is 3.64. The fraction of sp³-hybridized carbons (Fsp3) is 0. The molecule has 6 nitrogen and oxygen atoms in total. The molecule has 0 amide bonds. The number of halogens is 3. The predicted molar refractivity (Wildman–Crippen MR) is 44.7 cm³/mol. The van der Waals surface area contributed by atoms with E-state index in [1.165, 1.54) is 0 Å². The monoisotopic (exact) mass is 238 g/mol. The van der Waals surface area contributed by atoms with E-state index in [0.717, 1.165) is 0 Å². The van der Waals surface area contributed by atoms with Crippen molar-refractivity contribution in [1.29, 1.82) is 0 Å². The number of benzene rings is 1. The van der Waals surface area contributed by atoms with Crippen LogP contribution in [0.4, 0.5) is 20.2 Å². The van der Waals surface area contributed by atoms with Crippen molar-refractivity contribution in [3.63, 3.8) is 0 Å². The average molecular weight is 239 g/mol. The first-order valence-electron chi connectivity index (χ1n) is 3.32. The highest BCUT2D eigenvalue weighted by atomic mass is 35.5. The molecule has 0 heterocycles. The lowest BCUT2D eigenvalue weighted by molar-refractivity contribution is -0.397. The van der Waals surface area contributed by atoms with E-state index in [2.05, 4.69) is 0 Å². The van der Waals surface area contributed by atoms with Crippen LogP contribution in [-0.2, 0) is 0 Å². The van der Waals surface area contributed by atoms with E-state index in [-0.39, 0.29) is 6.07 Å². The van der Waals surface area contributed by atoms with Gasteiger partial charge < -0.3 is 0 Å². The molecule has 0 saturated heterocycles. The Morgan fingerprint density at radius 2 is 1.40 bits per heavy atom. The second-order valence-corrected chi connectivity index (χ2v) is 2.74. The molecule has 0 aliphatic rings. The molecule has 1 aromatic rings. The van der Waals surface area contributed by atoms with E-state index in [1.807, 2.05) is 0 Å². The highest BCUT2D eigenvalue weighted by Gasteiger charge is 2.32. The molecule has 9 heteroatoms. The lowest BCUT2D eigenvalue weighted by Crippen LogP contribution is -2.00. The zero-order valence-electron chi connectivity index (χ0n) is 6.74. The molecule has 1 rings (SSSR count). The molecule has 0 atom stereocenters. The second kappa shape index (κ2) is 3.73. The Bertz CT molecular complexity index is 427. The van der Waals surface area contributed by atoms with Crippen molar-refractivity contribution >= 4 is 23.0 Å². The third-order valence-corrected chi connectivity index (χ3v) is 1.84. The minimum absolute atomic E-state index is 0.0438. The number of nitro groups is 2.